The predicted molar refractivity (Wildman–Crippen MR) is 104 cm³/mol. The van der Waals surface area contributed by atoms with Crippen molar-refractivity contribution in [2.45, 2.75) is 96.2 Å². The molecule has 0 N–H and O–H groups in total. The highest BCUT2D eigenvalue weighted by Gasteiger charge is 2.13. The van der Waals surface area contributed by atoms with Crippen molar-refractivity contribution >= 4 is 0 Å². The summed E-state index contributed by atoms with van der Waals surface area (Å²) in [5.74, 6) is 0. The van der Waals surface area contributed by atoms with Gasteiger partial charge in [-0.05, 0) is 50.7 Å². The molecule has 2 heterocycles. The zero-order chi connectivity index (χ0) is 17.4. The number of pyridine rings is 1. The van der Waals surface area contributed by atoms with Crippen molar-refractivity contribution in [2.24, 2.45) is 0 Å². The molecule has 0 aromatic carbocycles. The molecule has 0 bridgehead atoms. The van der Waals surface area contributed by atoms with Gasteiger partial charge in [-0.2, -0.15) is 0 Å². The van der Waals surface area contributed by atoms with Gasteiger partial charge in [0, 0.05) is 25.1 Å². The van der Waals surface area contributed by atoms with Crippen molar-refractivity contribution in [3.8, 4) is 0 Å². The average molecular weight is 348 g/mol. The molecule has 3 heteroatoms. The van der Waals surface area contributed by atoms with E-state index in [9.17, 15) is 0 Å². The minimum Gasteiger partial charge on any atom is -0.353 e. The molecule has 142 valence electrons. The molecule has 1 aromatic heterocycles. The van der Waals surface area contributed by atoms with Gasteiger partial charge < -0.3 is 9.47 Å². The molecule has 1 fully saturated rings. The number of hydrogen-bond donors (Lipinski definition) is 0. The Labute approximate surface area is 154 Å². The summed E-state index contributed by atoms with van der Waals surface area (Å²) in [6, 6.07) is 6.20. The van der Waals surface area contributed by atoms with Crippen LogP contribution in [0, 0.1) is 0 Å². The van der Waals surface area contributed by atoms with E-state index in [4.69, 9.17) is 9.47 Å². The Morgan fingerprint density at radius 1 is 0.880 bits per heavy atom. The molecular formula is C22H37NO2. The molecule has 25 heavy (non-hydrogen) atoms. The summed E-state index contributed by atoms with van der Waals surface area (Å²) < 4.78 is 11.3. The number of nitrogens with zero attached hydrogens (tertiary/aromatic N) is 1. The quantitative estimate of drug-likeness (QED) is 0.383. The Morgan fingerprint density at radius 2 is 1.60 bits per heavy atom. The van der Waals surface area contributed by atoms with Crippen LogP contribution in [0.1, 0.15) is 89.2 Å². The lowest BCUT2D eigenvalue weighted by Crippen LogP contribution is -2.22. The highest BCUT2D eigenvalue weighted by atomic mass is 16.7. The molecule has 0 saturated carbocycles. The van der Waals surface area contributed by atoms with Crippen molar-refractivity contribution in [3.63, 3.8) is 0 Å². The molecule has 1 saturated heterocycles. The van der Waals surface area contributed by atoms with Crippen LogP contribution >= 0.6 is 0 Å². The first-order valence-corrected chi connectivity index (χ1v) is 10.6. The van der Waals surface area contributed by atoms with Crippen LogP contribution in [-0.4, -0.2) is 24.5 Å². The monoisotopic (exact) mass is 347 g/mol. The van der Waals surface area contributed by atoms with E-state index < -0.39 is 0 Å². The Hall–Kier alpha value is -0.930. The number of hydrogen-bond acceptors (Lipinski definition) is 3. The summed E-state index contributed by atoms with van der Waals surface area (Å²) in [5.41, 5.74) is 1.24. The van der Waals surface area contributed by atoms with E-state index >= 15 is 0 Å². The van der Waals surface area contributed by atoms with Crippen molar-refractivity contribution in [1.29, 1.82) is 0 Å². The van der Waals surface area contributed by atoms with Gasteiger partial charge in [-0.25, -0.2) is 0 Å². The van der Waals surface area contributed by atoms with Crippen LogP contribution < -0.4 is 0 Å². The molecule has 0 radical (unpaired) electrons. The third-order valence-corrected chi connectivity index (χ3v) is 5.00. The van der Waals surface area contributed by atoms with Gasteiger partial charge in [0.05, 0.1) is 0 Å². The number of rotatable bonds is 14. The normalized spacial score (nSPS) is 17.7. The fraction of sp³-hybridized carbons (Fsp3) is 0.773. The lowest BCUT2D eigenvalue weighted by Gasteiger charge is -2.22. The van der Waals surface area contributed by atoms with E-state index in [0.717, 1.165) is 26.1 Å². The summed E-state index contributed by atoms with van der Waals surface area (Å²) in [4.78, 5) is 4.38. The second-order valence-corrected chi connectivity index (χ2v) is 7.27. The maximum Gasteiger partial charge on any atom is 0.157 e. The smallest absolute Gasteiger partial charge is 0.157 e. The van der Waals surface area contributed by atoms with E-state index in [1.807, 2.05) is 12.3 Å². The van der Waals surface area contributed by atoms with Crippen LogP contribution in [0.25, 0.3) is 0 Å². The van der Waals surface area contributed by atoms with E-state index in [1.54, 1.807) is 0 Å². The molecule has 0 spiro atoms. The number of aryl methyl sites for hydroxylation is 1. The second kappa shape index (κ2) is 14.3. The fourth-order valence-corrected chi connectivity index (χ4v) is 3.43. The summed E-state index contributed by atoms with van der Waals surface area (Å²) in [7, 11) is 0. The van der Waals surface area contributed by atoms with Crippen molar-refractivity contribution < 1.29 is 9.47 Å². The minimum atomic E-state index is 0.0893. The average Bonchev–Trinajstić information content (AvgIpc) is 2.67. The summed E-state index contributed by atoms with van der Waals surface area (Å²) in [6.07, 6.45) is 20.1. The Kier molecular flexibility index (Phi) is 11.6. The van der Waals surface area contributed by atoms with Crippen LogP contribution in [0.15, 0.2) is 24.4 Å². The fourth-order valence-electron chi connectivity index (χ4n) is 3.43. The number of aromatic nitrogens is 1. The van der Waals surface area contributed by atoms with Gasteiger partial charge in [0.1, 0.15) is 0 Å². The molecule has 1 aromatic rings. The molecule has 0 amide bonds. The molecule has 1 aliphatic rings. The van der Waals surface area contributed by atoms with Crippen molar-refractivity contribution in [3.05, 3.63) is 30.1 Å². The van der Waals surface area contributed by atoms with E-state index in [2.05, 4.69) is 17.1 Å². The minimum absolute atomic E-state index is 0.0893. The third kappa shape index (κ3) is 10.6. The molecule has 1 aliphatic heterocycles. The number of unbranched alkanes of at least 4 members (excludes halogenated alkanes) is 9. The summed E-state index contributed by atoms with van der Waals surface area (Å²) in [6.45, 7) is 1.76. The first kappa shape index (κ1) is 20.4. The van der Waals surface area contributed by atoms with Gasteiger partial charge >= 0.3 is 0 Å². The van der Waals surface area contributed by atoms with Crippen LogP contribution in [0.4, 0.5) is 0 Å². The highest BCUT2D eigenvalue weighted by molar-refractivity contribution is 5.03. The zero-order valence-electron chi connectivity index (χ0n) is 16.0. The SMILES string of the molecule is c1ccc(CCCCCCCCCCCCOC2CCCCO2)nc1. The van der Waals surface area contributed by atoms with E-state index in [-0.39, 0.29) is 6.29 Å². The van der Waals surface area contributed by atoms with Crippen LogP contribution in [-0.2, 0) is 15.9 Å². The topological polar surface area (TPSA) is 31.4 Å². The Bertz CT molecular complexity index is 404. The van der Waals surface area contributed by atoms with Gasteiger partial charge in [0.2, 0.25) is 0 Å². The largest absolute Gasteiger partial charge is 0.353 e. The van der Waals surface area contributed by atoms with Gasteiger partial charge in [-0.15, -0.1) is 0 Å². The maximum absolute atomic E-state index is 5.77. The van der Waals surface area contributed by atoms with Gasteiger partial charge in [0.25, 0.3) is 0 Å². The lowest BCUT2D eigenvalue weighted by atomic mass is 10.1. The molecule has 1 unspecified atom stereocenters. The predicted octanol–water partition coefficient (Wildman–Crippen LogP) is 6.07. The number of ether oxygens (including phenoxy) is 2. The van der Waals surface area contributed by atoms with Crippen molar-refractivity contribution in [1.82, 2.24) is 4.98 Å². The Morgan fingerprint density at radius 3 is 2.24 bits per heavy atom. The summed E-state index contributed by atoms with van der Waals surface area (Å²) in [5, 5.41) is 0. The molecule has 2 rings (SSSR count). The van der Waals surface area contributed by atoms with E-state index in [0.29, 0.717) is 0 Å². The van der Waals surface area contributed by atoms with E-state index in [1.165, 1.54) is 82.7 Å². The molecular weight excluding hydrogens is 310 g/mol. The molecule has 0 aliphatic carbocycles. The first-order chi connectivity index (χ1) is 12.4. The van der Waals surface area contributed by atoms with Gasteiger partial charge in [-0.3, -0.25) is 4.98 Å². The second-order valence-electron chi connectivity index (χ2n) is 7.27. The van der Waals surface area contributed by atoms with Crippen LogP contribution in [0.3, 0.4) is 0 Å². The van der Waals surface area contributed by atoms with Crippen LogP contribution in [0.5, 0.6) is 0 Å². The standard InChI is InChI=1S/C22H37NO2/c1(3-5-7-9-15-21-16-10-12-18-23-21)2-4-6-8-13-19-24-22-17-11-14-20-25-22/h10,12,16,18,22H,1-9,11,13-15,17,19-20H2. The van der Waals surface area contributed by atoms with Crippen molar-refractivity contribution in [2.75, 3.05) is 13.2 Å². The molecule has 3 nitrogen and oxygen atoms in total. The Balaban J connectivity index is 1.27. The van der Waals surface area contributed by atoms with Gasteiger partial charge in [0.15, 0.2) is 6.29 Å². The lowest BCUT2D eigenvalue weighted by molar-refractivity contribution is -0.162. The molecule has 1 atom stereocenters. The highest BCUT2D eigenvalue weighted by Crippen LogP contribution is 2.15. The van der Waals surface area contributed by atoms with Crippen LogP contribution in [0.2, 0.25) is 0 Å². The summed E-state index contributed by atoms with van der Waals surface area (Å²) >= 11 is 0. The van der Waals surface area contributed by atoms with Gasteiger partial charge in [-0.1, -0.05) is 57.4 Å². The maximum atomic E-state index is 5.77. The third-order valence-electron chi connectivity index (χ3n) is 5.00. The zero-order valence-corrected chi connectivity index (χ0v) is 16.0. The first-order valence-electron chi connectivity index (χ1n) is 10.6.